The smallest absolute Gasteiger partial charge is 0.250 e. The summed E-state index contributed by atoms with van der Waals surface area (Å²) < 4.78 is 17.1. The molecule has 1 saturated heterocycles. The van der Waals surface area contributed by atoms with Crippen molar-refractivity contribution in [2.75, 3.05) is 25.6 Å². The molecule has 0 unspecified atom stereocenters. The van der Waals surface area contributed by atoms with Crippen molar-refractivity contribution in [1.29, 1.82) is 0 Å². The third kappa shape index (κ3) is 5.88. The molecule has 5 rings (SSSR count). The quantitative estimate of drug-likeness (QED) is 0.401. The van der Waals surface area contributed by atoms with Crippen LogP contribution in [0.15, 0.2) is 72.8 Å². The van der Waals surface area contributed by atoms with E-state index in [1.54, 1.807) is 6.07 Å². The van der Waals surface area contributed by atoms with Gasteiger partial charge in [-0.05, 0) is 41.3 Å². The lowest BCUT2D eigenvalue weighted by molar-refractivity contribution is -0.142. The molecule has 2 amide bonds. The molecule has 0 radical (unpaired) electrons. The Balaban J connectivity index is 1.19. The number of amides is 2. The number of carbonyl (C=O) groups is 2. The number of nitrogens with one attached hydrogen (secondary N) is 2. The summed E-state index contributed by atoms with van der Waals surface area (Å²) in [6, 6.07) is 23.8. The molecular weight excluding hydrogens is 484 g/mol. The van der Waals surface area contributed by atoms with E-state index in [1.165, 1.54) is 7.11 Å². The van der Waals surface area contributed by atoms with Gasteiger partial charge >= 0.3 is 0 Å². The summed E-state index contributed by atoms with van der Waals surface area (Å²) in [4.78, 5) is 24.7. The van der Waals surface area contributed by atoms with Gasteiger partial charge in [-0.25, -0.2) is 0 Å². The fourth-order valence-electron chi connectivity index (χ4n) is 5.22. The van der Waals surface area contributed by atoms with Gasteiger partial charge in [0.1, 0.15) is 24.6 Å². The van der Waals surface area contributed by atoms with Gasteiger partial charge in [0.2, 0.25) is 11.8 Å². The predicted octanol–water partition coefficient (Wildman–Crippen LogP) is 3.64. The van der Waals surface area contributed by atoms with Crippen molar-refractivity contribution < 1.29 is 28.9 Å². The fraction of sp³-hybridized carbons (Fsp3) is 0.333. The van der Waals surface area contributed by atoms with Crippen LogP contribution in [0.25, 0.3) is 11.1 Å². The molecule has 3 aromatic rings. The fourth-order valence-corrected chi connectivity index (χ4v) is 5.22. The lowest BCUT2D eigenvalue weighted by atomic mass is 9.84. The van der Waals surface area contributed by atoms with Gasteiger partial charge in [-0.3, -0.25) is 9.59 Å². The minimum Gasteiger partial charge on any atom is -0.487 e. The second-order valence-electron chi connectivity index (χ2n) is 9.68. The van der Waals surface area contributed by atoms with Gasteiger partial charge in [-0.1, -0.05) is 54.6 Å². The molecular formula is C30H32N2O6. The first-order valence-corrected chi connectivity index (χ1v) is 12.8. The molecule has 0 aliphatic carbocycles. The van der Waals surface area contributed by atoms with Crippen LogP contribution in [0, 0.1) is 0 Å². The van der Waals surface area contributed by atoms with Gasteiger partial charge in [0.05, 0.1) is 19.1 Å². The van der Waals surface area contributed by atoms with E-state index in [4.69, 9.17) is 14.2 Å². The Morgan fingerprint density at radius 2 is 1.76 bits per heavy atom. The molecule has 2 heterocycles. The molecule has 1 fully saturated rings. The van der Waals surface area contributed by atoms with Crippen molar-refractivity contribution in [3.05, 3.63) is 83.9 Å². The molecule has 3 N–H and O–H groups in total. The Morgan fingerprint density at radius 1 is 1.00 bits per heavy atom. The first kappa shape index (κ1) is 25.9. The van der Waals surface area contributed by atoms with Crippen LogP contribution in [0.4, 0.5) is 5.69 Å². The second-order valence-corrected chi connectivity index (χ2v) is 9.68. The van der Waals surface area contributed by atoms with Gasteiger partial charge in [0.15, 0.2) is 0 Å². The minimum atomic E-state index is -0.545. The van der Waals surface area contributed by atoms with E-state index in [-0.39, 0.29) is 49.6 Å². The van der Waals surface area contributed by atoms with E-state index in [0.717, 1.165) is 22.3 Å². The number of hydrogen-bond acceptors (Lipinski definition) is 6. The highest BCUT2D eigenvalue weighted by molar-refractivity contribution is 5.92. The number of aliphatic hydroxyl groups is 1. The maximum Gasteiger partial charge on any atom is 0.250 e. The highest BCUT2D eigenvalue weighted by atomic mass is 16.6. The zero-order valence-electron chi connectivity index (χ0n) is 21.3. The topological polar surface area (TPSA) is 106 Å². The summed E-state index contributed by atoms with van der Waals surface area (Å²) >= 11 is 0. The molecule has 198 valence electrons. The highest BCUT2D eigenvalue weighted by Gasteiger charge is 2.46. The number of benzene rings is 3. The number of anilines is 1. The lowest BCUT2D eigenvalue weighted by Crippen LogP contribution is -2.47. The van der Waals surface area contributed by atoms with E-state index < -0.39 is 6.10 Å². The number of hydrogen-bond donors (Lipinski definition) is 3. The number of carbonyl (C=O) groups excluding carboxylic acids is 2. The van der Waals surface area contributed by atoms with Crippen molar-refractivity contribution in [1.82, 2.24) is 5.32 Å². The lowest BCUT2D eigenvalue weighted by Gasteiger charge is -2.37. The maximum absolute atomic E-state index is 12.8. The number of ether oxygens (including phenoxy) is 3. The third-order valence-electron chi connectivity index (χ3n) is 7.02. The monoisotopic (exact) mass is 516 g/mol. The summed E-state index contributed by atoms with van der Waals surface area (Å²) in [5, 5.41) is 15.8. The standard InChI is InChI=1S/C30H32N2O6/c1-36-18-29(35)32-22-11-12-26-24(13-22)25-14-23(37-27(17-33)30(25)38-26)15-28(34)31-16-19-7-9-21(10-8-19)20-5-3-2-4-6-20/h2-13,23,25,27,30,33H,14-18H2,1H3,(H,31,34)(H,32,35)/t23-,25+,27-,30-/m1/s1. The van der Waals surface area contributed by atoms with Crippen LogP contribution in [0.2, 0.25) is 0 Å². The maximum atomic E-state index is 12.8. The van der Waals surface area contributed by atoms with Crippen molar-refractivity contribution in [2.45, 2.75) is 43.6 Å². The summed E-state index contributed by atoms with van der Waals surface area (Å²) in [5.41, 5.74) is 4.88. The van der Waals surface area contributed by atoms with Crippen LogP contribution in [0.5, 0.6) is 5.75 Å². The van der Waals surface area contributed by atoms with Crippen LogP contribution in [0.3, 0.4) is 0 Å². The van der Waals surface area contributed by atoms with E-state index in [9.17, 15) is 14.7 Å². The van der Waals surface area contributed by atoms with Crippen LogP contribution in [0.1, 0.15) is 29.9 Å². The third-order valence-corrected chi connectivity index (χ3v) is 7.02. The first-order valence-electron chi connectivity index (χ1n) is 12.8. The molecule has 0 spiro atoms. The van der Waals surface area contributed by atoms with Crippen molar-refractivity contribution in [3.8, 4) is 16.9 Å². The van der Waals surface area contributed by atoms with Crippen LogP contribution < -0.4 is 15.4 Å². The first-order chi connectivity index (χ1) is 18.5. The van der Waals surface area contributed by atoms with Gasteiger partial charge < -0.3 is 30.0 Å². The van der Waals surface area contributed by atoms with E-state index in [0.29, 0.717) is 24.4 Å². The van der Waals surface area contributed by atoms with Gasteiger partial charge in [-0.2, -0.15) is 0 Å². The molecule has 4 atom stereocenters. The Labute approximate surface area is 221 Å². The highest BCUT2D eigenvalue weighted by Crippen LogP contribution is 2.47. The molecule has 8 heteroatoms. The number of aliphatic hydroxyl groups excluding tert-OH is 1. The van der Waals surface area contributed by atoms with Crippen LogP contribution >= 0.6 is 0 Å². The summed E-state index contributed by atoms with van der Waals surface area (Å²) in [7, 11) is 1.47. The Kier molecular flexibility index (Phi) is 8.03. The number of rotatable bonds is 9. The van der Waals surface area contributed by atoms with Gasteiger partial charge in [-0.15, -0.1) is 0 Å². The Hall–Kier alpha value is -3.72. The molecule has 2 aliphatic rings. The Morgan fingerprint density at radius 3 is 2.50 bits per heavy atom. The molecule has 0 bridgehead atoms. The van der Waals surface area contributed by atoms with Crippen molar-refractivity contribution in [2.24, 2.45) is 0 Å². The molecule has 0 aromatic heterocycles. The summed E-state index contributed by atoms with van der Waals surface area (Å²) in [6.45, 7) is 0.180. The van der Waals surface area contributed by atoms with Crippen molar-refractivity contribution in [3.63, 3.8) is 0 Å². The van der Waals surface area contributed by atoms with Gasteiger partial charge in [0.25, 0.3) is 0 Å². The zero-order valence-corrected chi connectivity index (χ0v) is 21.3. The molecule has 3 aromatic carbocycles. The summed E-state index contributed by atoms with van der Waals surface area (Å²) in [5.74, 6) is 0.290. The SMILES string of the molecule is COCC(=O)Nc1ccc2c(c1)[C@@H]1C[C@H](CC(=O)NCc3ccc(-c4ccccc4)cc3)O[C@H](CO)[C@@H]1O2. The van der Waals surface area contributed by atoms with Crippen LogP contribution in [-0.2, 0) is 25.6 Å². The van der Waals surface area contributed by atoms with E-state index in [1.807, 2.05) is 42.5 Å². The van der Waals surface area contributed by atoms with E-state index >= 15 is 0 Å². The Bertz CT molecular complexity index is 1260. The zero-order chi connectivity index (χ0) is 26.5. The normalized spacial score (nSPS) is 21.6. The second kappa shape index (κ2) is 11.8. The van der Waals surface area contributed by atoms with Crippen molar-refractivity contribution >= 4 is 17.5 Å². The summed E-state index contributed by atoms with van der Waals surface area (Å²) in [6.07, 6.45) is -0.502. The van der Waals surface area contributed by atoms with Crippen LogP contribution in [-0.4, -0.2) is 55.6 Å². The molecule has 2 aliphatic heterocycles. The molecule has 0 saturated carbocycles. The van der Waals surface area contributed by atoms with Gasteiger partial charge in [0, 0.05) is 30.8 Å². The average molecular weight is 517 g/mol. The average Bonchev–Trinajstić information content (AvgIpc) is 3.30. The minimum absolute atomic E-state index is 0.0333. The number of methoxy groups -OCH3 is 1. The van der Waals surface area contributed by atoms with E-state index in [2.05, 4.69) is 34.9 Å². The largest absolute Gasteiger partial charge is 0.487 e. The molecule has 38 heavy (non-hydrogen) atoms. The number of fused-ring (bicyclic) bond motifs is 3. The predicted molar refractivity (Wildman–Crippen MR) is 143 cm³/mol. The molecule has 8 nitrogen and oxygen atoms in total.